The van der Waals surface area contributed by atoms with E-state index in [1.165, 1.54) is 6.07 Å². The van der Waals surface area contributed by atoms with Crippen molar-refractivity contribution in [1.29, 1.82) is 0 Å². The lowest BCUT2D eigenvalue weighted by Crippen LogP contribution is -2.33. The number of carbonyl (C=O) groups excluding carboxylic acids is 1. The van der Waals surface area contributed by atoms with Gasteiger partial charge in [0.2, 0.25) is 5.91 Å². The molecule has 3 nitrogen and oxygen atoms in total. The first-order chi connectivity index (χ1) is 9.40. The van der Waals surface area contributed by atoms with E-state index in [1.807, 2.05) is 20.8 Å². The van der Waals surface area contributed by atoms with Crippen molar-refractivity contribution in [1.82, 2.24) is 5.32 Å². The summed E-state index contributed by atoms with van der Waals surface area (Å²) in [5.41, 5.74) is 0.547. The largest absolute Gasteiger partial charge is 0.391 e. The summed E-state index contributed by atoms with van der Waals surface area (Å²) in [4.78, 5) is 11.8. The lowest BCUT2D eigenvalue weighted by atomic mass is 9.97. The first kappa shape index (κ1) is 16.6. The van der Waals surface area contributed by atoms with E-state index in [-0.39, 0.29) is 30.6 Å². The third-order valence-electron chi connectivity index (χ3n) is 3.21. The molecule has 0 aliphatic carbocycles. The molecule has 0 aromatic heterocycles. The van der Waals surface area contributed by atoms with Crippen LogP contribution in [0, 0.1) is 11.7 Å². The second kappa shape index (κ2) is 8.00. The van der Waals surface area contributed by atoms with Crippen LogP contribution in [0.25, 0.3) is 0 Å². The van der Waals surface area contributed by atoms with Crippen LogP contribution in [0.4, 0.5) is 4.39 Å². The van der Waals surface area contributed by atoms with Gasteiger partial charge in [0.1, 0.15) is 5.82 Å². The molecular weight excluding hydrogens is 257 g/mol. The van der Waals surface area contributed by atoms with Crippen LogP contribution in [-0.4, -0.2) is 23.7 Å². The number of halogens is 1. The Morgan fingerprint density at radius 1 is 1.30 bits per heavy atom. The molecule has 0 saturated heterocycles. The van der Waals surface area contributed by atoms with Crippen LogP contribution in [0.15, 0.2) is 24.3 Å². The normalized spacial score (nSPS) is 14.1. The number of hydrogen-bond acceptors (Lipinski definition) is 2. The van der Waals surface area contributed by atoms with Crippen LogP contribution in [0.3, 0.4) is 0 Å². The quantitative estimate of drug-likeness (QED) is 0.807. The van der Waals surface area contributed by atoms with E-state index in [1.54, 1.807) is 18.2 Å². The molecule has 0 saturated carbocycles. The van der Waals surface area contributed by atoms with Gasteiger partial charge < -0.3 is 10.4 Å². The van der Waals surface area contributed by atoms with Gasteiger partial charge in [-0.2, -0.15) is 0 Å². The first-order valence-electron chi connectivity index (χ1n) is 7.09. The highest BCUT2D eigenvalue weighted by Gasteiger charge is 2.15. The van der Waals surface area contributed by atoms with Gasteiger partial charge in [-0.3, -0.25) is 4.79 Å². The SMILES string of the molecule is CC(C)CC(O)CNC(=O)CC(C)c1ccccc1F. The van der Waals surface area contributed by atoms with E-state index in [2.05, 4.69) is 5.32 Å². The van der Waals surface area contributed by atoms with Crippen molar-refractivity contribution >= 4 is 5.91 Å². The maximum Gasteiger partial charge on any atom is 0.220 e. The summed E-state index contributed by atoms with van der Waals surface area (Å²) in [6.45, 7) is 6.11. The first-order valence-corrected chi connectivity index (χ1v) is 7.09. The Hall–Kier alpha value is -1.42. The van der Waals surface area contributed by atoms with Crippen LogP contribution in [0.2, 0.25) is 0 Å². The molecule has 0 bridgehead atoms. The Balaban J connectivity index is 2.41. The molecule has 0 fully saturated rings. The molecule has 2 unspecified atom stereocenters. The molecule has 0 aliphatic heterocycles. The Morgan fingerprint density at radius 2 is 1.95 bits per heavy atom. The summed E-state index contributed by atoms with van der Waals surface area (Å²) in [5, 5.41) is 12.4. The number of rotatable bonds is 7. The molecule has 1 amide bonds. The minimum Gasteiger partial charge on any atom is -0.391 e. The molecule has 0 heterocycles. The molecule has 2 N–H and O–H groups in total. The minimum atomic E-state index is -0.525. The van der Waals surface area contributed by atoms with Crippen molar-refractivity contribution in [2.24, 2.45) is 5.92 Å². The number of nitrogens with one attached hydrogen (secondary N) is 1. The molecule has 0 radical (unpaired) electrons. The number of aliphatic hydroxyl groups excluding tert-OH is 1. The van der Waals surface area contributed by atoms with E-state index in [0.29, 0.717) is 17.9 Å². The second-order valence-electron chi connectivity index (χ2n) is 5.71. The summed E-state index contributed by atoms with van der Waals surface area (Å²) < 4.78 is 13.6. The Kier molecular flexibility index (Phi) is 6.65. The van der Waals surface area contributed by atoms with Crippen LogP contribution in [-0.2, 0) is 4.79 Å². The Bertz CT molecular complexity index is 434. The highest BCUT2D eigenvalue weighted by molar-refractivity contribution is 5.76. The zero-order valence-corrected chi connectivity index (χ0v) is 12.4. The standard InChI is InChI=1S/C16H24FNO2/c1-11(2)8-13(19)10-18-16(20)9-12(3)14-6-4-5-7-15(14)17/h4-7,11-13,19H,8-10H2,1-3H3,(H,18,20). The van der Waals surface area contributed by atoms with E-state index >= 15 is 0 Å². The van der Waals surface area contributed by atoms with Gasteiger partial charge in [0.15, 0.2) is 0 Å². The molecule has 1 rings (SSSR count). The average molecular weight is 281 g/mol. The van der Waals surface area contributed by atoms with Gasteiger partial charge >= 0.3 is 0 Å². The maximum absolute atomic E-state index is 13.6. The molecule has 20 heavy (non-hydrogen) atoms. The van der Waals surface area contributed by atoms with Crippen molar-refractivity contribution in [3.05, 3.63) is 35.6 Å². The lowest BCUT2D eigenvalue weighted by Gasteiger charge is -2.16. The molecule has 4 heteroatoms. The Morgan fingerprint density at radius 3 is 2.55 bits per heavy atom. The van der Waals surface area contributed by atoms with Crippen molar-refractivity contribution in [2.75, 3.05) is 6.54 Å². The monoisotopic (exact) mass is 281 g/mol. The van der Waals surface area contributed by atoms with Gasteiger partial charge in [0.05, 0.1) is 6.10 Å². The van der Waals surface area contributed by atoms with Crippen LogP contribution in [0.1, 0.15) is 45.1 Å². The predicted octanol–water partition coefficient (Wildman–Crippen LogP) is 2.84. The maximum atomic E-state index is 13.6. The summed E-state index contributed by atoms with van der Waals surface area (Å²) >= 11 is 0. The van der Waals surface area contributed by atoms with Crippen molar-refractivity contribution < 1.29 is 14.3 Å². The van der Waals surface area contributed by atoms with E-state index < -0.39 is 6.10 Å². The number of amides is 1. The summed E-state index contributed by atoms with van der Waals surface area (Å²) in [7, 11) is 0. The fourth-order valence-electron chi connectivity index (χ4n) is 2.19. The van der Waals surface area contributed by atoms with Gasteiger partial charge in [0.25, 0.3) is 0 Å². The topological polar surface area (TPSA) is 49.3 Å². The third kappa shape index (κ3) is 5.70. The van der Waals surface area contributed by atoms with Gasteiger partial charge in [-0.15, -0.1) is 0 Å². The second-order valence-corrected chi connectivity index (χ2v) is 5.71. The zero-order chi connectivity index (χ0) is 15.1. The van der Waals surface area contributed by atoms with Crippen molar-refractivity contribution in [2.45, 2.75) is 45.6 Å². The minimum absolute atomic E-state index is 0.163. The molecule has 112 valence electrons. The van der Waals surface area contributed by atoms with E-state index in [0.717, 1.165) is 0 Å². The molecule has 0 spiro atoms. The van der Waals surface area contributed by atoms with E-state index in [4.69, 9.17) is 0 Å². The third-order valence-corrected chi connectivity index (χ3v) is 3.21. The number of carbonyl (C=O) groups is 1. The van der Waals surface area contributed by atoms with Gasteiger partial charge in [-0.25, -0.2) is 4.39 Å². The van der Waals surface area contributed by atoms with Crippen LogP contribution < -0.4 is 5.32 Å². The fourth-order valence-corrected chi connectivity index (χ4v) is 2.19. The number of hydrogen-bond donors (Lipinski definition) is 2. The lowest BCUT2D eigenvalue weighted by molar-refractivity contribution is -0.121. The van der Waals surface area contributed by atoms with E-state index in [9.17, 15) is 14.3 Å². The molecule has 2 atom stereocenters. The molecular formula is C16H24FNO2. The highest BCUT2D eigenvalue weighted by Crippen LogP contribution is 2.21. The van der Waals surface area contributed by atoms with Crippen molar-refractivity contribution in [3.63, 3.8) is 0 Å². The fraction of sp³-hybridized carbons (Fsp3) is 0.562. The Labute approximate surface area is 120 Å². The number of benzene rings is 1. The zero-order valence-electron chi connectivity index (χ0n) is 12.4. The predicted molar refractivity (Wildman–Crippen MR) is 77.9 cm³/mol. The van der Waals surface area contributed by atoms with Crippen molar-refractivity contribution in [3.8, 4) is 0 Å². The van der Waals surface area contributed by atoms with Gasteiger partial charge in [-0.05, 0) is 29.9 Å². The molecule has 0 aliphatic rings. The summed E-state index contributed by atoms with van der Waals surface area (Å²) in [6, 6.07) is 6.49. The summed E-state index contributed by atoms with van der Waals surface area (Å²) in [5.74, 6) is -0.242. The summed E-state index contributed by atoms with van der Waals surface area (Å²) in [6.07, 6.45) is 0.348. The van der Waals surface area contributed by atoms with Gasteiger partial charge in [-0.1, -0.05) is 39.0 Å². The van der Waals surface area contributed by atoms with Crippen LogP contribution in [0.5, 0.6) is 0 Å². The highest BCUT2D eigenvalue weighted by atomic mass is 19.1. The van der Waals surface area contributed by atoms with Gasteiger partial charge in [0, 0.05) is 13.0 Å². The van der Waals surface area contributed by atoms with Crippen LogP contribution >= 0.6 is 0 Å². The molecule has 1 aromatic rings. The average Bonchev–Trinajstić information content (AvgIpc) is 2.36. The number of aliphatic hydroxyl groups is 1. The molecule has 1 aromatic carbocycles. The smallest absolute Gasteiger partial charge is 0.220 e.